The number of carbonyl (C=O) groups is 2. The zero-order valence-electron chi connectivity index (χ0n) is 11.6. The van der Waals surface area contributed by atoms with Crippen molar-refractivity contribution in [3.05, 3.63) is 24.3 Å². The van der Waals surface area contributed by atoms with Gasteiger partial charge in [0.15, 0.2) is 0 Å². The van der Waals surface area contributed by atoms with Crippen molar-refractivity contribution in [1.82, 2.24) is 5.32 Å². The molecule has 0 saturated heterocycles. The van der Waals surface area contributed by atoms with Crippen LogP contribution in [-0.2, 0) is 9.59 Å². The molecule has 0 fully saturated rings. The lowest BCUT2D eigenvalue weighted by Crippen LogP contribution is -2.36. The maximum Gasteiger partial charge on any atom is 0.243 e. The number of benzene rings is 1. The molecule has 6 heteroatoms. The standard InChI is InChI=1S/C14H21N3O3/c1-2-3-7-20-12-6-4-5-11(8-12)17-14(19)10-16-13(18)9-15/h4-6,8H,2-3,7,9-10,15H2,1H3,(H,16,18)(H,17,19). The van der Waals surface area contributed by atoms with Gasteiger partial charge in [0.05, 0.1) is 19.7 Å². The molecule has 0 atom stereocenters. The Morgan fingerprint density at radius 2 is 2.10 bits per heavy atom. The molecule has 4 N–H and O–H groups in total. The van der Waals surface area contributed by atoms with E-state index >= 15 is 0 Å². The number of hydrogen-bond acceptors (Lipinski definition) is 4. The number of anilines is 1. The zero-order valence-corrected chi connectivity index (χ0v) is 11.6. The van der Waals surface area contributed by atoms with E-state index in [1.54, 1.807) is 18.2 Å². The van der Waals surface area contributed by atoms with Crippen molar-refractivity contribution < 1.29 is 14.3 Å². The molecule has 0 radical (unpaired) electrons. The van der Waals surface area contributed by atoms with Crippen LogP contribution in [0.1, 0.15) is 19.8 Å². The topological polar surface area (TPSA) is 93.5 Å². The van der Waals surface area contributed by atoms with Gasteiger partial charge in [-0.3, -0.25) is 9.59 Å². The normalized spacial score (nSPS) is 9.90. The van der Waals surface area contributed by atoms with E-state index in [4.69, 9.17) is 10.5 Å². The third kappa shape index (κ3) is 6.19. The van der Waals surface area contributed by atoms with Crippen LogP contribution in [0.2, 0.25) is 0 Å². The summed E-state index contributed by atoms with van der Waals surface area (Å²) in [4.78, 5) is 22.5. The second-order valence-electron chi connectivity index (χ2n) is 4.26. The number of rotatable bonds is 8. The molecule has 20 heavy (non-hydrogen) atoms. The highest BCUT2D eigenvalue weighted by molar-refractivity contribution is 5.94. The van der Waals surface area contributed by atoms with Crippen LogP contribution < -0.4 is 21.1 Å². The molecular weight excluding hydrogens is 258 g/mol. The van der Waals surface area contributed by atoms with Crippen molar-refractivity contribution in [2.75, 3.05) is 25.0 Å². The van der Waals surface area contributed by atoms with E-state index in [1.807, 2.05) is 6.07 Å². The number of hydrogen-bond donors (Lipinski definition) is 3. The highest BCUT2D eigenvalue weighted by Crippen LogP contribution is 2.17. The van der Waals surface area contributed by atoms with Crippen molar-refractivity contribution in [2.24, 2.45) is 5.73 Å². The minimum absolute atomic E-state index is 0.100. The van der Waals surface area contributed by atoms with Crippen LogP contribution in [0.3, 0.4) is 0 Å². The molecule has 0 unspecified atom stereocenters. The Hall–Kier alpha value is -2.08. The maximum atomic E-state index is 11.6. The summed E-state index contributed by atoms with van der Waals surface area (Å²) in [6.45, 7) is 2.51. The summed E-state index contributed by atoms with van der Waals surface area (Å²) in [6.07, 6.45) is 2.05. The molecule has 0 aliphatic rings. The third-order valence-corrected chi connectivity index (χ3v) is 2.52. The van der Waals surface area contributed by atoms with Crippen LogP contribution in [0.15, 0.2) is 24.3 Å². The first-order chi connectivity index (χ1) is 9.65. The zero-order chi connectivity index (χ0) is 14.8. The van der Waals surface area contributed by atoms with Crippen LogP contribution in [0.4, 0.5) is 5.69 Å². The van der Waals surface area contributed by atoms with Crippen molar-refractivity contribution >= 4 is 17.5 Å². The van der Waals surface area contributed by atoms with Gasteiger partial charge in [0.2, 0.25) is 11.8 Å². The SMILES string of the molecule is CCCCOc1cccc(NC(=O)CNC(=O)CN)c1. The predicted octanol–water partition coefficient (Wildman–Crippen LogP) is 0.879. The molecule has 0 aliphatic heterocycles. The lowest BCUT2D eigenvalue weighted by molar-refractivity contribution is -0.123. The van der Waals surface area contributed by atoms with Crippen LogP contribution in [0.5, 0.6) is 5.75 Å². The Kier molecular flexibility index (Phi) is 7.13. The highest BCUT2D eigenvalue weighted by Gasteiger charge is 2.05. The van der Waals surface area contributed by atoms with Crippen molar-refractivity contribution in [3.63, 3.8) is 0 Å². The molecule has 0 saturated carbocycles. The summed E-state index contributed by atoms with van der Waals surface area (Å²) >= 11 is 0. The Labute approximate surface area is 118 Å². The monoisotopic (exact) mass is 279 g/mol. The van der Waals surface area contributed by atoms with Crippen LogP contribution >= 0.6 is 0 Å². The number of ether oxygens (including phenoxy) is 1. The molecule has 6 nitrogen and oxygen atoms in total. The number of amides is 2. The quantitative estimate of drug-likeness (QED) is 0.616. The number of nitrogens with one attached hydrogen (secondary N) is 2. The lowest BCUT2D eigenvalue weighted by Gasteiger charge is -2.09. The Morgan fingerprint density at radius 1 is 1.30 bits per heavy atom. The summed E-state index contributed by atoms with van der Waals surface area (Å²) in [5, 5.41) is 5.08. The highest BCUT2D eigenvalue weighted by atomic mass is 16.5. The van der Waals surface area contributed by atoms with Gasteiger partial charge in [-0.15, -0.1) is 0 Å². The predicted molar refractivity (Wildman–Crippen MR) is 77.5 cm³/mol. The average Bonchev–Trinajstić information content (AvgIpc) is 2.45. The van der Waals surface area contributed by atoms with E-state index in [-0.39, 0.29) is 24.9 Å². The van der Waals surface area contributed by atoms with Crippen molar-refractivity contribution in [1.29, 1.82) is 0 Å². The fourth-order valence-corrected chi connectivity index (χ4v) is 1.45. The van der Waals surface area contributed by atoms with Gasteiger partial charge in [-0.05, 0) is 18.6 Å². The van der Waals surface area contributed by atoms with E-state index in [9.17, 15) is 9.59 Å². The fraction of sp³-hybridized carbons (Fsp3) is 0.429. The third-order valence-electron chi connectivity index (χ3n) is 2.52. The summed E-state index contributed by atoms with van der Waals surface area (Å²) < 4.78 is 5.55. The van der Waals surface area contributed by atoms with Crippen LogP contribution in [0, 0.1) is 0 Å². The van der Waals surface area contributed by atoms with Gasteiger partial charge in [-0.1, -0.05) is 19.4 Å². The molecule has 1 aromatic rings. The van der Waals surface area contributed by atoms with Gasteiger partial charge < -0.3 is 21.1 Å². The lowest BCUT2D eigenvalue weighted by atomic mass is 10.3. The maximum absolute atomic E-state index is 11.6. The number of nitrogens with two attached hydrogens (primary N) is 1. The molecule has 110 valence electrons. The Balaban J connectivity index is 2.44. The first kappa shape index (κ1) is 16.0. The van der Waals surface area contributed by atoms with Crippen molar-refractivity contribution in [3.8, 4) is 5.75 Å². The van der Waals surface area contributed by atoms with Crippen LogP contribution in [0.25, 0.3) is 0 Å². The molecule has 0 aromatic heterocycles. The van der Waals surface area contributed by atoms with Gasteiger partial charge in [0, 0.05) is 11.8 Å². The molecule has 1 aromatic carbocycles. The summed E-state index contributed by atoms with van der Waals surface area (Å²) in [5.41, 5.74) is 5.76. The van der Waals surface area contributed by atoms with E-state index < -0.39 is 0 Å². The van der Waals surface area contributed by atoms with E-state index in [2.05, 4.69) is 17.6 Å². The minimum atomic E-state index is -0.364. The van der Waals surface area contributed by atoms with Gasteiger partial charge in [-0.2, -0.15) is 0 Å². The molecule has 0 heterocycles. The molecule has 2 amide bonds. The molecule has 1 rings (SSSR count). The summed E-state index contributed by atoms with van der Waals surface area (Å²) in [6, 6.07) is 7.14. The number of unbranched alkanes of at least 4 members (excludes halogenated alkanes) is 1. The van der Waals surface area contributed by atoms with Gasteiger partial charge >= 0.3 is 0 Å². The number of carbonyl (C=O) groups excluding carboxylic acids is 2. The summed E-state index contributed by atoms with van der Waals surface area (Å²) in [7, 11) is 0. The second kappa shape index (κ2) is 8.92. The first-order valence-corrected chi connectivity index (χ1v) is 6.65. The van der Waals surface area contributed by atoms with Crippen molar-refractivity contribution in [2.45, 2.75) is 19.8 Å². The molecule has 0 spiro atoms. The molecule has 0 aliphatic carbocycles. The largest absolute Gasteiger partial charge is 0.494 e. The smallest absolute Gasteiger partial charge is 0.243 e. The van der Waals surface area contributed by atoms with Gasteiger partial charge in [0.1, 0.15) is 5.75 Å². The molecule has 0 bridgehead atoms. The summed E-state index contributed by atoms with van der Waals surface area (Å²) in [5.74, 6) is 0.0385. The van der Waals surface area contributed by atoms with Gasteiger partial charge in [0.25, 0.3) is 0 Å². The van der Waals surface area contributed by atoms with E-state index in [0.29, 0.717) is 18.0 Å². The average molecular weight is 279 g/mol. The Bertz CT molecular complexity index is 449. The Morgan fingerprint density at radius 3 is 2.80 bits per heavy atom. The molecular formula is C14H21N3O3. The van der Waals surface area contributed by atoms with Gasteiger partial charge in [-0.25, -0.2) is 0 Å². The first-order valence-electron chi connectivity index (χ1n) is 6.65. The minimum Gasteiger partial charge on any atom is -0.494 e. The van der Waals surface area contributed by atoms with E-state index in [0.717, 1.165) is 12.8 Å². The fourth-order valence-electron chi connectivity index (χ4n) is 1.45. The second-order valence-corrected chi connectivity index (χ2v) is 4.26. The van der Waals surface area contributed by atoms with Crippen LogP contribution in [-0.4, -0.2) is 31.5 Å². The van der Waals surface area contributed by atoms with E-state index in [1.165, 1.54) is 0 Å².